The van der Waals surface area contributed by atoms with Gasteiger partial charge in [-0.3, -0.25) is 0 Å². The lowest BCUT2D eigenvalue weighted by atomic mass is 9.76. The third kappa shape index (κ3) is 1.82. The fourth-order valence-electron chi connectivity index (χ4n) is 3.05. The van der Waals surface area contributed by atoms with Gasteiger partial charge >= 0.3 is 0 Å². The molecule has 0 bridgehead atoms. The van der Waals surface area contributed by atoms with Crippen molar-refractivity contribution in [3.63, 3.8) is 0 Å². The number of halogens is 1. The number of hydrogen-bond acceptors (Lipinski definition) is 2. The van der Waals surface area contributed by atoms with Gasteiger partial charge in [-0.25, -0.2) is 4.39 Å². The van der Waals surface area contributed by atoms with E-state index in [0.717, 1.165) is 31.2 Å². The number of aryl methyl sites for hydroxylation is 1. The fraction of sp³-hybridized carbons (Fsp3) is 0.571. The Morgan fingerprint density at radius 2 is 1.94 bits per heavy atom. The van der Waals surface area contributed by atoms with Gasteiger partial charge in [0.25, 0.3) is 0 Å². The third-order valence-electron chi connectivity index (χ3n) is 4.20. The summed E-state index contributed by atoms with van der Waals surface area (Å²) in [6, 6.07) is 1.86. The molecule has 1 aliphatic rings. The normalized spacial score (nSPS) is 18.6. The van der Waals surface area contributed by atoms with Gasteiger partial charge in [0.2, 0.25) is 0 Å². The molecule has 0 aromatic heterocycles. The van der Waals surface area contributed by atoms with Crippen LogP contribution in [0.1, 0.15) is 42.4 Å². The molecular formula is C14H20FNO. The Labute approximate surface area is 102 Å². The van der Waals surface area contributed by atoms with Crippen molar-refractivity contribution in [1.82, 2.24) is 0 Å². The molecule has 1 aromatic carbocycles. The molecule has 1 fully saturated rings. The molecule has 0 spiro atoms. The van der Waals surface area contributed by atoms with Crippen LogP contribution in [0.25, 0.3) is 0 Å². The number of phenolic OH excluding ortho intramolecular Hbond substituents is 1. The van der Waals surface area contributed by atoms with E-state index in [0.29, 0.717) is 17.7 Å². The van der Waals surface area contributed by atoms with Crippen LogP contribution in [0.2, 0.25) is 0 Å². The van der Waals surface area contributed by atoms with Crippen LogP contribution >= 0.6 is 0 Å². The molecule has 1 aliphatic carbocycles. The molecule has 0 amide bonds. The van der Waals surface area contributed by atoms with Crippen LogP contribution in [0.15, 0.2) is 6.07 Å². The SMILES string of the molecule is Cc1cc(C2(CN)CCCC2)c(C)c(O)c1F. The molecule has 0 unspecified atom stereocenters. The monoisotopic (exact) mass is 237 g/mol. The Bertz CT molecular complexity index is 436. The Kier molecular flexibility index (Phi) is 3.13. The standard InChI is InChI=1S/C14H20FNO/c1-9-7-11(10(2)13(17)12(9)15)14(8-16)5-3-4-6-14/h7,17H,3-6,8,16H2,1-2H3. The molecule has 94 valence electrons. The van der Waals surface area contributed by atoms with Gasteiger partial charge in [-0.15, -0.1) is 0 Å². The summed E-state index contributed by atoms with van der Waals surface area (Å²) >= 11 is 0. The Balaban J connectivity index is 2.59. The molecular weight excluding hydrogens is 217 g/mol. The van der Waals surface area contributed by atoms with Gasteiger partial charge in [-0.1, -0.05) is 18.9 Å². The number of phenols is 1. The fourth-order valence-corrected chi connectivity index (χ4v) is 3.05. The number of rotatable bonds is 2. The van der Waals surface area contributed by atoms with Crippen molar-refractivity contribution in [3.05, 3.63) is 28.6 Å². The predicted molar refractivity (Wildman–Crippen MR) is 66.7 cm³/mol. The van der Waals surface area contributed by atoms with Crippen molar-refractivity contribution in [3.8, 4) is 5.75 Å². The maximum Gasteiger partial charge on any atom is 0.167 e. The van der Waals surface area contributed by atoms with Gasteiger partial charge in [0, 0.05) is 12.0 Å². The molecule has 0 saturated heterocycles. The summed E-state index contributed by atoms with van der Waals surface area (Å²) < 4.78 is 13.6. The number of nitrogens with two attached hydrogens (primary N) is 1. The zero-order valence-electron chi connectivity index (χ0n) is 10.5. The summed E-state index contributed by atoms with van der Waals surface area (Å²) in [7, 11) is 0. The minimum Gasteiger partial charge on any atom is -0.505 e. The lowest BCUT2D eigenvalue weighted by Gasteiger charge is -2.30. The van der Waals surface area contributed by atoms with Crippen molar-refractivity contribution in [2.75, 3.05) is 6.54 Å². The van der Waals surface area contributed by atoms with Gasteiger partial charge in [-0.05, 0) is 43.4 Å². The zero-order valence-corrected chi connectivity index (χ0v) is 10.5. The van der Waals surface area contributed by atoms with Crippen molar-refractivity contribution in [2.45, 2.75) is 44.9 Å². The highest BCUT2D eigenvalue weighted by atomic mass is 19.1. The quantitative estimate of drug-likeness (QED) is 0.830. The molecule has 2 rings (SSSR count). The van der Waals surface area contributed by atoms with E-state index >= 15 is 0 Å². The topological polar surface area (TPSA) is 46.2 Å². The van der Waals surface area contributed by atoms with Crippen molar-refractivity contribution in [2.24, 2.45) is 5.73 Å². The molecule has 3 N–H and O–H groups in total. The average molecular weight is 237 g/mol. The lowest BCUT2D eigenvalue weighted by molar-refractivity contribution is 0.410. The molecule has 0 aliphatic heterocycles. The molecule has 17 heavy (non-hydrogen) atoms. The molecule has 0 radical (unpaired) electrons. The molecule has 0 heterocycles. The third-order valence-corrected chi connectivity index (χ3v) is 4.20. The minimum atomic E-state index is -0.503. The summed E-state index contributed by atoms with van der Waals surface area (Å²) in [4.78, 5) is 0. The Hall–Kier alpha value is -1.09. The average Bonchev–Trinajstić information content (AvgIpc) is 2.81. The second kappa shape index (κ2) is 4.30. The van der Waals surface area contributed by atoms with E-state index in [-0.39, 0.29) is 11.2 Å². The van der Waals surface area contributed by atoms with E-state index < -0.39 is 5.82 Å². The van der Waals surface area contributed by atoms with E-state index in [4.69, 9.17) is 5.73 Å². The van der Waals surface area contributed by atoms with Gasteiger partial charge in [0.05, 0.1) is 0 Å². The van der Waals surface area contributed by atoms with Gasteiger partial charge in [0.15, 0.2) is 11.6 Å². The minimum absolute atomic E-state index is 0.0555. The highest BCUT2D eigenvalue weighted by Crippen LogP contribution is 2.44. The first-order chi connectivity index (χ1) is 8.02. The Morgan fingerprint density at radius 1 is 1.35 bits per heavy atom. The molecule has 0 atom stereocenters. The lowest BCUT2D eigenvalue weighted by Crippen LogP contribution is -2.33. The van der Waals surface area contributed by atoms with E-state index in [1.54, 1.807) is 13.8 Å². The van der Waals surface area contributed by atoms with Crippen molar-refractivity contribution >= 4 is 0 Å². The number of hydrogen-bond donors (Lipinski definition) is 2. The summed E-state index contributed by atoms with van der Waals surface area (Å²) in [5, 5.41) is 9.82. The molecule has 3 heteroatoms. The van der Waals surface area contributed by atoms with Gasteiger partial charge in [-0.2, -0.15) is 0 Å². The van der Waals surface area contributed by atoms with E-state index in [1.807, 2.05) is 6.07 Å². The first-order valence-electron chi connectivity index (χ1n) is 6.21. The van der Waals surface area contributed by atoms with Gasteiger partial charge < -0.3 is 10.8 Å². The van der Waals surface area contributed by atoms with Crippen LogP contribution in [-0.2, 0) is 5.41 Å². The molecule has 1 aromatic rings. The Morgan fingerprint density at radius 3 is 2.47 bits per heavy atom. The molecule has 2 nitrogen and oxygen atoms in total. The van der Waals surface area contributed by atoms with Crippen LogP contribution in [0.4, 0.5) is 4.39 Å². The molecule has 1 saturated carbocycles. The predicted octanol–water partition coefficient (Wildman–Crippen LogP) is 2.92. The van der Waals surface area contributed by atoms with Crippen LogP contribution in [-0.4, -0.2) is 11.7 Å². The second-order valence-electron chi connectivity index (χ2n) is 5.22. The first-order valence-corrected chi connectivity index (χ1v) is 6.21. The van der Waals surface area contributed by atoms with E-state index in [1.165, 1.54) is 0 Å². The van der Waals surface area contributed by atoms with Crippen LogP contribution in [0, 0.1) is 19.7 Å². The van der Waals surface area contributed by atoms with Crippen LogP contribution < -0.4 is 5.73 Å². The maximum absolute atomic E-state index is 13.6. The van der Waals surface area contributed by atoms with E-state index in [9.17, 15) is 9.50 Å². The van der Waals surface area contributed by atoms with Crippen molar-refractivity contribution < 1.29 is 9.50 Å². The first kappa shape index (κ1) is 12.4. The zero-order chi connectivity index (χ0) is 12.6. The summed E-state index contributed by atoms with van der Waals surface area (Å²) in [5.74, 6) is -0.712. The number of aromatic hydroxyl groups is 1. The summed E-state index contributed by atoms with van der Waals surface area (Å²) in [6.07, 6.45) is 4.39. The van der Waals surface area contributed by atoms with Gasteiger partial charge in [0.1, 0.15) is 0 Å². The van der Waals surface area contributed by atoms with Crippen molar-refractivity contribution in [1.29, 1.82) is 0 Å². The number of benzene rings is 1. The highest BCUT2D eigenvalue weighted by molar-refractivity contribution is 5.47. The summed E-state index contributed by atoms with van der Waals surface area (Å²) in [5.41, 5.74) is 8.07. The summed E-state index contributed by atoms with van der Waals surface area (Å²) in [6.45, 7) is 4.04. The second-order valence-corrected chi connectivity index (χ2v) is 5.22. The van der Waals surface area contributed by atoms with Crippen LogP contribution in [0.5, 0.6) is 5.75 Å². The van der Waals surface area contributed by atoms with Crippen LogP contribution in [0.3, 0.4) is 0 Å². The maximum atomic E-state index is 13.6. The van der Waals surface area contributed by atoms with E-state index in [2.05, 4.69) is 0 Å². The largest absolute Gasteiger partial charge is 0.505 e. The highest BCUT2D eigenvalue weighted by Gasteiger charge is 2.36. The smallest absolute Gasteiger partial charge is 0.167 e.